The van der Waals surface area contributed by atoms with Crippen LogP contribution >= 0.6 is 27.3 Å². The maximum absolute atomic E-state index is 12.5. The second-order valence-corrected chi connectivity index (χ2v) is 4.63. The Labute approximate surface area is 92.2 Å². The molecule has 0 aliphatic heterocycles. The lowest BCUT2D eigenvalue weighted by Crippen LogP contribution is -2.27. The summed E-state index contributed by atoms with van der Waals surface area (Å²) in [6.45, 7) is 1.34. The molecule has 1 aromatic heterocycles. The Morgan fingerprint density at radius 1 is 1.57 bits per heavy atom. The van der Waals surface area contributed by atoms with Gasteiger partial charge in [-0.25, -0.2) is 0 Å². The SMILES string of the molecule is Cc1csc(C(CN)C(F)(F)F)c1Br. The molecule has 0 aliphatic rings. The van der Waals surface area contributed by atoms with Crippen molar-refractivity contribution in [1.82, 2.24) is 0 Å². The molecule has 1 aromatic rings. The molecule has 1 nitrogen and oxygen atoms in total. The quantitative estimate of drug-likeness (QED) is 0.886. The van der Waals surface area contributed by atoms with Crippen LogP contribution in [-0.4, -0.2) is 12.7 Å². The van der Waals surface area contributed by atoms with Gasteiger partial charge in [-0.3, -0.25) is 0 Å². The van der Waals surface area contributed by atoms with Gasteiger partial charge in [0.25, 0.3) is 0 Å². The van der Waals surface area contributed by atoms with Crippen molar-refractivity contribution in [3.8, 4) is 0 Å². The summed E-state index contributed by atoms with van der Waals surface area (Å²) < 4.78 is 38.0. The number of hydrogen-bond donors (Lipinski definition) is 1. The average molecular weight is 288 g/mol. The fraction of sp³-hybridized carbons (Fsp3) is 0.500. The number of alkyl halides is 3. The van der Waals surface area contributed by atoms with E-state index in [-0.39, 0.29) is 4.88 Å². The van der Waals surface area contributed by atoms with Crippen LogP contribution in [0.15, 0.2) is 9.85 Å². The molecule has 1 rings (SSSR count). The zero-order chi connectivity index (χ0) is 10.9. The monoisotopic (exact) mass is 287 g/mol. The first-order chi connectivity index (χ1) is 6.38. The second kappa shape index (κ2) is 4.20. The summed E-state index contributed by atoms with van der Waals surface area (Å²) >= 11 is 4.23. The summed E-state index contributed by atoms with van der Waals surface area (Å²) in [5.74, 6) is -1.56. The Kier molecular flexibility index (Phi) is 3.60. The van der Waals surface area contributed by atoms with Crippen LogP contribution in [0.4, 0.5) is 13.2 Å². The van der Waals surface area contributed by atoms with Crippen LogP contribution in [0.3, 0.4) is 0 Å². The smallest absolute Gasteiger partial charge is 0.329 e. The van der Waals surface area contributed by atoms with E-state index in [0.717, 1.165) is 16.9 Å². The molecule has 0 fully saturated rings. The highest BCUT2D eigenvalue weighted by Gasteiger charge is 2.41. The summed E-state index contributed by atoms with van der Waals surface area (Å²) in [5, 5.41) is 1.69. The molecule has 0 radical (unpaired) electrons. The maximum Gasteiger partial charge on any atom is 0.397 e. The predicted molar refractivity (Wildman–Crippen MR) is 54.6 cm³/mol. The lowest BCUT2D eigenvalue weighted by Gasteiger charge is -2.17. The molecule has 0 aliphatic carbocycles. The molecular formula is C8H9BrF3NS. The number of aryl methyl sites for hydroxylation is 1. The van der Waals surface area contributed by atoms with Crippen molar-refractivity contribution in [2.24, 2.45) is 5.73 Å². The minimum Gasteiger partial charge on any atom is -0.329 e. The molecule has 6 heteroatoms. The average Bonchev–Trinajstić information content (AvgIpc) is 2.35. The van der Waals surface area contributed by atoms with Crippen LogP contribution in [0, 0.1) is 6.92 Å². The van der Waals surface area contributed by atoms with Crippen molar-refractivity contribution < 1.29 is 13.2 Å². The van der Waals surface area contributed by atoms with Crippen LogP contribution in [0.5, 0.6) is 0 Å². The first kappa shape index (κ1) is 12.0. The Hall–Kier alpha value is -0.0700. The topological polar surface area (TPSA) is 26.0 Å². The molecule has 1 atom stereocenters. The zero-order valence-electron chi connectivity index (χ0n) is 7.36. The van der Waals surface area contributed by atoms with Gasteiger partial charge in [0, 0.05) is 15.9 Å². The summed E-state index contributed by atoms with van der Waals surface area (Å²) in [4.78, 5) is 0.262. The second-order valence-electron chi connectivity index (χ2n) is 2.93. The van der Waals surface area contributed by atoms with Gasteiger partial charge in [-0.2, -0.15) is 13.2 Å². The van der Waals surface area contributed by atoms with Crippen LogP contribution in [0.25, 0.3) is 0 Å². The van der Waals surface area contributed by atoms with Gasteiger partial charge in [-0.1, -0.05) is 0 Å². The van der Waals surface area contributed by atoms with Crippen molar-refractivity contribution in [1.29, 1.82) is 0 Å². The predicted octanol–water partition coefficient (Wildman–Crippen LogP) is 3.42. The molecule has 0 saturated heterocycles. The third kappa shape index (κ3) is 2.29. The van der Waals surface area contributed by atoms with Crippen molar-refractivity contribution in [2.75, 3.05) is 6.54 Å². The van der Waals surface area contributed by atoms with E-state index < -0.39 is 18.6 Å². The van der Waals surface area contributed by atoms with Crippen molar-refractivity contribution >= 4 is 27.3 Å². The van der Waals surface area contributed by atoms with Gasteiger partial charge in [0.15, 0.2) is 0 Å². The van der Waals surface area contributed by atoms with E-state index >= 15 is 0 Å². The molecule has 1 unspecified atom stereocenters. The lowest BCUT2D eigenvalue weighted by molar-refractivity contribution is -0.147. The first-order valence-electron chi connectivity index (χ1n) is 3.88. The molecule has 0 bridgehead atoms. The van der Waals surface area contributed by atoms with E-state index in [1.807, 2.05) is 0 Å². The Bertz CT molecular complexity index is 321. The summed E-state index contributed by atoms with van der Waals surface area (Å²) in [6, 6.07) is 0. The molecule has 0 amide bonds. The number of nitrogens with two attached hydrogens (primary N) is 1. The number of rotatable bonds is 2. The van der Waals surface area contributed by atoms with Crippen molar-refractivity contribution in [3.05, 3.63) is 20.3 Å². The fourth-order valence-corrected chi connectivity index (χ4v) is 2.98. The first-order valence-corrected chi connectivity index (χ1v) is 5.55. The highest BCUT2D eigenvalue weighted by Crippen LogP contribution is 2.41. The van der Waals surface area contributed by atoms with E-state index in [1.54, 1.807) is 12.3 Å². The van der Waals surface area contributed by atoms with Gasteiger partial charge in [0.05, 0.1) is 0 Å². The third-order valence-corrected chi connectivity index (χ3v) is 4.40. The van der Waals surface area contributed by atoms with E-state index in [1.165, 1.54) is 0 Å². The minimum atomic E-state index is -4.27. The zero-order valence-corrected chi connectivity index (χ0v) is 9.76. The standard InChI is InChI=1S/C8H9BrF3NS/c1-4-3-14-7(6(4)9)5(2-13)8(10,11)12/h3,5H,2,13H2,1H3. The third-order valence-electron chi connectivity index (χ3n) is 1.87. The molecule has 1 heterocycles. The van der Waals surface area contributed by atoms with Gasteiger partial charge >= 0.3 is 6.18 Å². The highest BCUT2D eigenvalue weighted by atomic mass is 79.9. The van der Waals surface area contributed by atoms with Crippen LogP contribution in [0.2, 0.25) is 0 Å². The maximum atomic E-state index is 12.5. The van der Waals surface area contributed by atoms with E-state index in [2.05, 4.69) is 15.9 Å². The Morgan fingerprint density at radius 3 is 2.43 bits per heavy atom. The Balaban J connectivity index is 3.08. The van der Waals surface area contributed by atoms with Crippen LogP contribution in [0.1, 0.15) is 16.4 Å². The van der Waals surface area contributed by atoms with Gasteiger partial charge < -0.3 is 5.73 Å². The number of thiophene rings is 1. The molecule has 0 saturated carbocycles. The van der Waals surface area contributed by atoms with Gasteiger partial charge in [0.1, 0.15) is 5.92 Å². The van der Waals surface area contributed by atoms with Crippen LogP contribution in [-0.2, 0) is 0 Å². The summed E-state index contributed by atoms with van der Waals surface area (Å²) in [6.07, 6.45) is -4.27. The van der Waals surface area contributed by atoms with Gasteiger partial charge in [0.2, 0.25) is 0 Å². The van der Waals surface area contributed by atoms with Crippen molar-refractivity contribution in [2.45, 2.75) is 19.0 Å². The minimum absolute atomic E-state index is 0.262. The molecule has 80 valence electrons. The van der Waals surface area contributed by atoms with Gasteiger partial charge in [-0.15, -0.1) is 11.3 Å². The highest BCUT2D eigenvalue weighted by molar-refractivity contribution is 9.10. The van der Waals surface area contributed by atoms with E-state index in [4.69, 9.17) is 5.73 Å². The summed E-state index contributed by atoms with van der Waals surface area (Å²) in [7, 11) is 0. The number of hydrogen-bond acceptors (Lipinski definition) is 2. The molecule has 2 N–H and O–H groups in total. The van der Waals surface area contributed by atoms with E-state index in [9.17, 15) is 13.2 Å². The lowest BCUT2D eigenvalue weighted by atomic mass is 10.1. The number of halogens is 4. The van der Waals surface area contributed by atoms with E-state index in [0.29, 0.717) is 4.47 Å². The Morgan fingerprint density at radius 2 is 2.14 bits per heavy atom. The van der Waals surface area contributed by atoms with Gasteiger partial charge in [-0.05, 0) is 33.8 Å². The molecule has 14 heavy (non-hydrogen) atoms. The fourth-order valence-electron chi connectivity index (χ4n) is 1.07. The van der Waals surface area contributed by atoms with Crippen molar-refractivity contribution in [3.63, 3.8) is 0 Å². The molecular weight excluding hydrogens is 279 g/mol. The molecule has 0 aromatic carbocycles. The molecule has 0 spiro atoms. The summed E-state index contributed by atoms with van der Waals surface area (Å²) in [5.41, 5.74) is 5.95. The normalized spacial score (nSPS) is 14.4. The largest absolute Gasteiger partial charge is 0.397 e. The van der Waals surface area contributed by atoms with Crippen LogP contribution < -0.4 is 5.73 Å².